The number of nitrogens with one attached hydrogen (secondary N) is 1. The third kappa shape index (κ3) is 4.36. The van der Waals surface area contributed by atoms with Crippen molar-refractivity contribution in [2.24, 2.45) is 0 Å². The van der Waals surface area contributed by atoms with Crippen LogP contribution in [-0.2, 0) is 13.1 Å². The Morgan fingerprint density at radius 3 is 2.84 bits per heavy atom. The van der Waals surface area contributed by atoms with Gasteiger partial charge in [0.2, 0.25) is 0 Å². The van der Waals surface area contributed by atoms with E-state index in [1.807, 2.05) is 0 Å². The van der Waals surface area contributed by atoms with Crippen molar-refractivity contribution in [3.63, 3.8) is 0 Å². The Labute approximate surface area is 117 Å². The van der Waals surface area contributed by atoms with Gasteiger partial charge in [0.1, 0.15) is 11.5 Å². The number of likely N-dealkylation sites (tertiary alicyclic amines) is 1. The fourth-order valence-corrected chi connectivity index (χ4v) is 2.96. The van der Waals surface area contributed by atoms with Gasteiger partial charge in [0, 0.05) is 6.04 Å². The quantitative estimate of drug-likeness (QED) is 0.852. The molecule has 3 heteroatoms. The lowest BCUT2D eigenvalue weighted by molar-refractivity contribution is 0.171. The van der Waals surface area contributed by atoms with Crippen LogP contribution in [0.15, 0.2) is 16.5 Å². The summed E-state index contributed by atoms with van der Waals surface area (Å²) in [7, 11) is 0. The molecule has 0 bridgehead atoms. The van der Waals surface area contributed by atoms with Crippen LogP contribution in [0, 0.1) is 0 Å². The molecule has 0 saturated carbocycles. The number of nitrogens with zero attached hydrogens (tertiary/aromatic N) is 1. The van der Waals surface area contributed by atoms with Crippen LogP contribution in [0.25, 0.3) is 0 Å². The van der Waals surface area contributed by atoms with Crippen LogP contribution in [0.2, 0.25) is 0 Å². The summed E-state index contributed by atoms with van der Waals surface area (Å²) in [6, 6.07) is 4.99. The lowest BCUT2D eigenvalue weighted by atomic mass is 10.1. The van der Waals surface area contributed by atoms with Crippen molar-refractivity contribution in [1.82, 2.24) is 10.2 Å². The molecular weight excluding hydrogens is 236 g/mol. The van der Waals surface area contributed by atoms with Gasteiger partial charge in [-0.25, -0.2) is 0 Å². The van der Waals surface area contributed by atoms with Gasteiger partial charge in [-0.2, -0.15) is 0 Å². The highest BCUT2D eigenvalue weighted by molar-refractivity contribution is 5.07. The molecule has 1 atom stereocenters. The third-order valence-electron chi connectivity index (χ3n) is 4.10. The summed E-state index contributed by atoms with van der Waals surface area (Å²) in [5.41, 5.74) is 0. The number of rotatable bonds is 6. The van der Waals surface area contributed by atoms with E-state index in [0.29, 0.717) is 0 Å². The van der Waals surface area contributed by atoms with Crippen LogP contribution in [0.1, 0.15) is 57.5 Å². The van der Waals surface area contributed by atoms with E-state index in [-0.39, 0.29) is 0 Å². The normalized spacial score (nSPS) is 21.5. The van der Waals surface area contributed by atoms with Gasteiger partial charge in [-0.05, 0) is 44.5 Å². The smallest absolute Gasteiger partial charge is 0.118 e. The number of hydrogen-bond acceptors (Lipinski definition) is 3. The maximum atomic E-state index is 5.92. The maximum absolute atomic E-state index is 5.92. The summed E-state index contributed by atoms with van der Waals surface area (Å²) < 4.78 is 5.92. The lowest BCUT2D eigenvalue weighted by Crippen LogP contribution is -2.33. The van der Waals surface area contributed by atoms with Crippen LogP contribution in [-0.4, -0.2) is 24.0 Å². The summed E-state index contributed by atoms with van der Waals surface area (Å²) in [5, 5.41) is 3.30. The molecule has 2 heterocycles. The largest absolute Gasteiger partial charge is 0.463 e. The molecule has 1 aliphatic heterocycles. The zero-order valence-corrected chi connectivity index (χ0v) is 12.5. The molecule has 1 unspecified atom stereocenters. The first-order valence-electron chi connectivity index (χ1n) is 7.85. The van der Waals surface area contributed by atoms with E-state index in [2.05, 4.69) is 36.2 Å². The summed E-state index contributed by atoms with van der Waals surface area (Å²) in [4.78, 5) is 2.61. The van der Waals surface area contributed by atoms with Gasteiger partial charge < -0.3 is 9.73 Å². The standard InChI is InChI=1S/C16H28N2O/c1-3-14-8-6-5-7-11-18(14)13-16-10-9-15(19-16)12-17-4-2/h9-10,14,17H,3-8,11-13H2,1-2H3. The van der Waals surface area contributed by atoms with Crippen molar-refractivity contribution >= 4 is 0 Å². The van der Waals surface area contributed by atoms with E-state index in [1.54, 1.807) is 0 Å². The van der Waals surface area contributed by atoms with Crippen molar-refractivity contribution in [3.05, 3.63) is 23.7 Å². The van der Waals surface area contributed by atoms with Gasteiger partial charge >= 0.3 is 0 Å². The highest BCUT2D eigenvalue weighted by Gasteiger charge is 2.20. The molecule has 1 aliphatic rings. The van der Waals surface area contributed by atoms with Gasteiger partial charge in [0.05, 0.1) is 13.1 Å². The minimum Gasteiger partial charge on any atom is -0.463 e. The fraction of sp³-hybridized carbons (Fsp3) is 0.750. The predicted octanol–water partition coefficient (Wildman–Crippen LogP) is 3.54. The third-order valence-corrected chi connectivity index (χ3v) is 4.10. The second-order valence-electron chi connectivity index (χ2n) is 5.53. The molecule has 0 radical (unpaired) electrons. The van der Waals surface area contributed by atoms with Crippen molar-refractivity contribution in [3.8, 4) is 0 Å². The molecule has 1 fully saturated rings. The lowest BCUT2D eigenvalue weighted by Gasteiger charge is -2.28. The Bertz CT molecular complexity index is 361. The van der Waals surface area contributed by atoms with Gasteiger partial charge in [-0.1, -0.05) is 26.7 Å². The zero-order chi connectivity index (χ0) is 13.5. The van der Waals surface area contributed by atoms with Crippen LogP contribution < -0.4 is 5.32 Å². The topological polar surface area (TPSA) is 28.4 Å². The number of hydrogen-bond donors (Lipinski definition) is 1. The van der Waals surface area contributed by atoms with Crippen LogP contribution in [0.5, 0.6) is 0 Å². The molecule has 1 saturated heterocycles. The molecule has 0 aliphatic carbocycles. The van der Waals surface area contributed by atoms with E-state index >= 15 is 0 Å². The first-order chi connectivity index (χ1) is 9.33. The van der Waals surface area contributed by atoms with Crippen molar-refractivity contribution in [1.29, 1.82) is 0 Å². The Hall–Kier alpha value is -0.800. The van der Waals surface area contributed by atoms with Gasteiger partial charge in [-0.3, -0.25) is 4.90 Å². The Balaban J connectivity index is 1.92. The summed E-state index contributed by atoms with van der Waals surface area (Å²) in [5.74, 6) is 2.17. The van der Waals surface area contributed by atoms with E-state index in [9.17, 15) is 0 Å². The molecular formula is C16H28N2O. The maximum Gasteiger partial charge on any atom is 0.118 e. The van der Waals surface area contributed by atoms with E-state index in [0.717, 1.165) is 37.2 Å². The first-order valence-corrected chi connectivity index (χ1v) is 7.85. The molecule has 1 aromatic heterocycles. The highest BCUT2D eigenvalue weighted by Crippen LogP contribution is 2.22. The summed E-state index contributed by atoms with van der Waals surface area (Å²) in [6.45, 7) is 8.45. The van der Waals surface area contributed by atoms with Crippen LogP contribution in [0.4, 0.5) is 0 Å². The average Bonchev–Trinajstić information content (AvgIpc) is 2.74. The first kappa shape index (κ1) is 14.6. The van der Waals surface area contributed by atoms with Crippen molar-refractivity contribution in [2.75, 3.05) is 13.1 Å². The minimum atomic E-state index is 0.741. The average molecular weight is 264 g/mol. The second kappa shape index (κ2) is 7.71. The van der Waals surface area contributed by atoms with E-state index < -0.39 is 0 Å². The van der Waals surface area contributed by atoms with E-state index in [1.165, 1.54) is 38.6 Å². The van der Waals surface area contributed by atoms with Crippen LogP contribution in [0.3, 0.4) is 0 Å². The van der Waals surface area contributed by atoms with E-state index in [4.69, 9.17) is 4.42 Å². The Kier molecular flexibility index (Phi) is 5.93. The van der Waals surface area contributed by atoms with Gasteiger partial charge in [-0.15, -0.1) is 0 Å². The summed E-state index contributed by atoms with van der Waals surface area (Å²) in [6.07, 6.45) is 6.71. The second-order valence-corrected chi connectivity index (χ2v) is 5.53. The zero-order valence-electron chi connectivity index (χ0n) is 12.5. The molecule has 0 spiro atoms. The van der Waals surface area contributed by atoms with Gasteiger partial charge in [0.25, 0.3) is 0 Å². The SMILES string of the molecule is CCNCc1ccc(CN2CCCCCC2CC)o1. The van der Waals surface area contributed by atoms with Crippen LogP contribution >= 0.6 is 0 Å². The molecule has 0 amide bonds. The number of furan rings is 1. The summed E-state index contributed by atoms with van der Waals surface area (Å²) >= 11 is 0. The highest BCUT2D eigenvalue weighted by atomic mass is 16.3. The Morgan fingerprint density at radius 2 is 2.05 bits per heavy atom. The van der Waals surface area contributed by atoms with Crippen molar-refractivity contribution in [2.45, 2.75) is 65.1 Å². The molecule has 2 rings (SSSR count). The molecule has 0 aromatic carbocycles. The molecule has 108 valence electrons. The molecule has 19 heavy (non-hydrogen) atoms. The molecule has 1 N–H and O–H groups in total. The fourth-order valence-electron chi connectivity index (χ4n) is 2.96. The van der Waals surface area contributed by atoms with Crippen molar-refractivity contribution < 1.29 is 4.42 Å². The van der Waals surface area contributed by atoms with Gasteiger partial charge in [0.15, 0.2) is 0 Å². The monoisotopic (exact) mass is 264 g/mol. The molecule has 3 nitrogen and oxygen atoms in total. The minimum absolute atomic E-state index is 0.741. The predicted molar refractivity (Wildman–Crippen MR) is 79.0 cm³/mol. The Morgan fingerprint density at radius 1 is 1.21 bits per heavy atom. The molecule has 1 aromatic rings.